The molecule has 0 aromatic heterocycles. The Labute approximate surface area is 112 Å². The first-order valence-electron chi connectivity index (χ1n) is 6.01. The number of hydrazone groups is 1. The summed E-state index contributed by atoms with van der Waals surface area (Å²) in [6, 6.07) is 14.5. The fraction of sp³-hybridized carbons (Fsp3) is 0.133. The van der Waals surface area contributed by atoms with Crippen LogP contribution in [0.25, 0.3) is 0 Å². The number of hydrogen-bond acceptors (Lipinski definition) is 4. The average molecular weight is 256 g/mol. The minimum atomic E-state index is 0.0164. The number of nitrogens with one attached hydrogen (secondary N) is 1. The van der Waals surface area contributed by atoms with Crippen LogP contribution in [0.4, 0.5) is 0 Å². The van der Waals surface area contributed by atoms with Gasteiger partial charge in [0.05, 0.1) is 17.8 Å². The van der Waals surface area contributed by atoms with Crippen LogP contribution in [0.15, 0.2) is 53.6 Å². The molecule has 2 aromatic rings. The van der Waals surface area contributed by atoms with Gasteiger partial charge in [0, 0.05) is 0 Å². The van der Waals surface area contributed by atoms with E-state index in [2.05, 4.69) is 10.5 Å². The molecule has 0 heterocycles. The SMILES string of the molecule is C/C(=N/NCc1ccccc1)c1c(O)cccc1O. The first-order valence-corrected chi connectivity index (χ1v) is 6.01. The third kappa shape index (κ3) is 3.25. The standard InChI is InChI=1S/C15H16N2O2/c1-11(15-13(18)8-5-9-14(15)19)17-16-10-12-6-3-2-4-7-12/h2-9,16,18-19H,10H2,1H3/b17-11-. The van der Waals surface area contributed by atoms with E-state index in [-0.39, 0.29) is 11.5 Å². The molecule has 0 radical (unpaired) electrons. The van der Waals surface area contributed by atoms with Gasteiger partial charge in [-0.15, -0.1) is 0 Å². The fourth-order valence-electron chi connectivity index (χ4n) is 1.80. The van der Waals surface area contributed by atoms with E-state index in [1.165, 1.54) is 12.1 Å². The summed E-state index contributed by atoms with van der Waals surface area (Å²) in [4.78, 5) is 0. The molecule has 4 nitrogen and oxygen atoms in total. The monoisotopic (exact) mass is 256 g/mol. The maximum Gasteiger partial charge on any atom is 0.128 e. The van der Waals surface area contributed by atoms with Crippen molar-refractivity contribution in [2.24, 2.45) is 5.10 Å². The Kier molecular flexibility index (Phi) is 4.03. The molecule has 0 amide bonds. The Morgan fingerprint density at radius 3 is 2.26 bits per heavy atom. The first-order chi connectivity index (χ1) is 9.18. The van der Waals surface area contributed by atoms with Crippen LogP contribution in [0.3, 0.4) is 0 Å². The molecule has 2 aromatic carbocycles. The normalized spacial score (nSPS) is 11.3. The van der Waals surface area contributed by atoms with Gasteiger partial charge in [-0.3, -0.25) is 0 Å². The smallest absolute Gasteiger partial charge is 0.128 e. The van der Waals surface area contributed by atoms with Crippen LogP contribution >= 0.6 is 0 Å². The van der Waals surface area contributed by atoms with Crippen LogP contribution in [0.2, 0.25) is 0 Å². The van der Waals surface area contributed by atoms with E-state index in [9.17, 15) is 10.2 Å². The van der Waals surface area contributed by atoms with Crippen molar-refractivity contribution < 1.29 is 10.2 Å². The predicted molar refractivity (Wildman–Crippen MR) is 75.3 cm³/mol. The van der Waals surface area contributed by atoms with Crippen LogP contribution in [0.1, 0.15) is 18.1 Å². The lowest BCUT2D eigenvalue weighted by molar-refractivity contribution is 0.448. The van der Waals surface area contributed by atoms with Crippen molar-refractivity contribution in [3.63, 3.8) is 0 Å². The molecule has 0 unspecified atom stereocenters. The third-order valence-electron chi connectivity index (χ3n) is 2.76. The number of phenols is 2. The van der Waals surface area contributed by atoms with Gasteiger partial charge in [-0.2, -0.15) is 5.10 Å². The zero-order valence-electron chi connectivity index (χ0n) is 10.7. The number of hydrogen-bond donors (Lipinski definition) is 3. The fourth-order valence-corrected chi connectivity index (χ4v) is 1.80. The summed E-state index contributed by atoms with van der Waals surface area (Å²) < 4.78 is 0. The highest BCUT2D eigenvalue weighted by molar-refractivity contribution is 6.03. The van der Waals surface area contributed by atoms with Crippen LogP contribution in [-0.4, -0.2) is 15.9 Å². The molecule has 0 spiro atoms. The first kappa shape index (κ1) is 13.0. The third-order valence-corrected chi connectivity index (χ3v) is 2.76. The Morgan fingerprint density at radius 2 is 1.63 bits per heavy atom. The van der Waals surface area contributed by atoms with Crippen LogP contribution < -0.4 is 5.43 Å². The number of aromatic hydroxyl groups is 2. The van der Waals surface area contributed by atoms with Crippen molar-refractivity contribution in [2.75, 3.05) is 0 Å². The van der Waals surface area contributed by atoms with Crippen molar-refractivity contribution in [3.05, 3.63) is 59.7 Å². The molecule has 4 heteroatoms. The molecule has 3 N–H and O–H groups in total. The summed E-state index contributed by atoms with van der Waals surface area (Å²) in [5.74, 6) is 0.0329. The molecule has 0 atom stereocenters. The molecule has 98 valence electrons. The highest BCUT2D eigenvalue weighted by Crippen LogP contribution is 2.26. The van der Waals surface area contributed by atoms with Gasteiger partial charge in [0.25, 0.3) is 0 Å². The van der Waals surface area contributed by atoms with Gasteiger partial charge in [-0.05, 0) is 24.6 Å². The quantitative estimate of drug-likeness (QED) is 0.582. The zero-order chi connectivity index (χ0) is 13.7. The van der Waals surface area contributed by atoms with Gasteiger partial charge in [-0.25, -0.2) is 0 Å². The molecule has 0 aliphatic carbocycles. The minimum absolute atomic E-state index is 0.0164. The molecule has 0 saturated heterocycles. The maximum absolute atomic E-state index is 9.71. The summed E-state index contributed by atoms with van der Waals surface area (Å²) in [7, 11) is 0. The Bertz CT molecular complexity index is 560. The second-order valence-corrected chi connectivity index (χ2v) is 4.19. The van der Waals surface area contributed by atoms with Crippen molar-refractivity contribution >= 4 is 5.71 Å². The highest BCUT2D eigenvalue weighted by Gasteiger charge is 2.09. The lowest BCUT2D eigenvalue weighted by Gasteiger charge is -2.07. The molecule has 0 saturated carbocycles. The Morgan fingerprint density at radius 1 is 1.00 bits per heavy atom. The summed E-state index contributed by atoms with van der Waals surface area (Å²) in [6.45, 7) is 2.32. The van der Waals surface area contributed by atoms with Gasteiger partial charge >= 0.3 is 0 Å². The summed E-state index contributed by atoms with van der Waals surface area (Å²) in [5, 5.41) is 23.6. The Hall–Kier alpha value is -2.49. The van der Waals surface area contributed by atoms with E-state index < -0.39 is 0 Å². The average Bonchev–Trinajstić information content (AvgIpc) is 2.40. The van der Waals surface area contributed by atoms with E-state index in [0.29, 0.717) is 17.8 Å². The van der Waals surface area contributed by atoms with Gasteiger partial charge < -0.3 is 15.6 Å². The van der Waals surface area contributed by atoms with Gasteiger partial charge in [-0.1, -0.05) is 36.4 Å². The molecular formula is C15H16N2O2. The van der Waals surface area contributed by atoms with E-state index in [1.807, 2.05) is 30.3 Å². The Balaban J connectivity index is 2.07. The number of rotatable bonds is 4. The highest BCUT2D eigenvalue weighted by atomic mass is 16.3. The van der Waals surface area contributed by atoms with Crippen molar-refractivity contribution in [1.82, 2.24) is 5.43 Å². The van der Waals surface area contributed by atoms with Crippen LogP contribution in [0.5, 0.6) is 11.5 Å². The summed E-state index contributed by atoms with van der Waals surface area (Å²) in [6.07, 6.45) is 0. The van der Waals surface area contributed by atoms with E-state index in [0.717, 1.165) is 5.56 Å². The van der Waals surface area contributed by atoms with Crippen molar-refractivity contribution in [3.8, 4) is 11.5 Å². The largest absolute Gasteiger partial charge is 0.507 e. The topological polar surface area (TPSA) is 64.9 Å². The van der Waals surface area contributed by atoms with Crippen molar-refractivity contribution in [2.45, 2.75) is 13.5 Å². The van der Waals surface area contributed by atoms with E-state index in [4.69, 9.17) is 0 Å². The van der Waals surface area contributed by atoms with Crippen molar-refractivity contribution in [1.29, 1.82) is 0 Å². The zero-order valence-corrected chi connectivity index (χ0v) is 10.7. The number of nitrogens with zero attached hydrogens (tertiary/aromatic N) is 1. The summed E-state index contributed by atoms with van der Waals surface area (Å²) in [5.41, 5.74) is 4.92. The van der Waals surface area contributed by atoms with Crippen LogP contribution in [-0.2, 0) is 6.54 Å². The minimum Gasteiger partial charge on any atom is -0.507 e. The van der Waals surface area contributed by atoms with Gasteiger partial charge in [0.1, 0.15) is 11.5 Å². The van der Waals surface area contributed by atoms with Gasteiger partial charge in [0.2, 0.25) is 0 Å². The molecule has 0 fully saturated rings. The second kappa shape index (κ2) is 5.91. The maximum atomic E-state index is 9.71. The number of phenolic OH excluding ortho intramolecular Hbond substituents is 2. The second-order valence-electron chi connectivity index (χ2n) is 4.19. The van der Waals surface area contributed by atoms with E-state index in [1.54, 1.807) is 13.0 Å². The molecule has 2 rings (SSSR count). The molecule has 0 aliphatic heterocycles. The lowest BCUT2D eigenvalue weighted by atomic mass is 10.1. The number of benzene rings is 2. The van der Waals surface area contributed by atoms with Crippen LogP contribution in [0, 0.1) is 0 Å². The molecular weight excluding hydrogens is 240 g/mol. The molecule has 19 heavy (non-hydrogen) atoms. The summed E-state index contributed by atoms with van der Waals surface area (Å²) >= 11 is 0. The predicted octanol–water partition coefficient (Wildman–Crippen LogP) is 2.61. The molecule has 0 bridgehead atoms. The van der Waals surface area contributed by atoms with E-state index >= 15 is 0 Å². The molecule has 0 aliphatic rings. The lowest BCUT2D eigenvalue weighted by Crippen LogP contribution is -2.09. The van der Waals surface area contributed by atoms with Gasteiger partial charge in [0.15, 0.2) is 0 Å².